The molecule has 2 amide bonds. The van der Waals surface area contributed by atoms with Gasteiger partial charge in [-0.15, -0.1) is 0 Å². The number of para-hydroxylation sites is 4. The van der Waals surface area contributed by atoms with Crippen LogP contribution in [0.15, 0.2) is 204 Å². The first-order valence-electron chi connectivity index (χ1n) is 19.1. The van der Waals surface area contributed by atoms with Crippen LogP contribution in [0, 0.1) is 0 Å². The summed E-state index contributed by atoms with van der Waals surface area (Å²) in [5.41, 5.74) is 8.14. The fourth-order valence-corrected chi connectivity index (χ4v) is 9.16. The van der Waals surface area contributed by atoms with E-state index in [0.29, 0.717) is 22.5 Å². The molecule has 0 aliphatic carbocycles. The first-order chi connectivity index (χ1) is 28.8. The predicted molar refractivity (Wildman–Crippen MR) is 236 cm³/mol. The lowest BCUT2D eigenvalue weighted by molar-refractivity contribution is 0.101. The molecular weight excluding hydrogens is 753 g/mol. The van der Waals surface area contributed by atoms with E-state index in [4.69, 9.17) is 0 Å². The maximum Gasteiger partial charge on any atom is 0.255 e. The molecule has 0 atom stereocenters. The SMILES string of the molecule is O=C(Nc1ccc(-n2c3ccccc3c3ccccc32)cc1)c1ccc(S(=O)(=O)c2ccc(C(=O)Nc3ccc(-n4c5ccccc5c5ccccc54)cc3)cc2)cc1. The Hall–Kier alpha value is -7.75. The highest BCUT2D eigenvalue weighted by Gasteiger charge is 2.20. The molecule has 2 N–H and O–H groups in total. The van der Waals surface area contributed by atoms with Gasteiger partial charge in [0.2, 0.25) is 9.84 Å². The Morgan fingerprint density at radius 2 is 0.644 bits per heavy atom. The van der Waals surface area contributed by atoms with Crippen LogP contribution < -0.4 is 10.6 Å². The van der Waals surface area contributed by atoms with Crippen molar-refractivity contribution in [1.82, 2.24) is 9.13 Å². The molecule has 59 heavy (non-hydrogen) atoms. The highest BCUT2D eigenvalue weighted by atomic mass is 32.2. The summed E-state index contributed by atoms with van der Waals surface area (Å²) in [6.45, 7) is 0. The molecule has 0 aliphatic rings. The molecule has 0 spiro atoms. The van der Waals surface area contributed by atoms with E-state index in [0.717, 1.165) is 33.4 Å². The van der Waals surface area contributed by atoms with Crippen molar-refractivity contribution in [2.24, 2.45) is 0 Å². The van der Waals surface area contributed by atoms with Crippen molar-refractivity contribution in [2.75, 3.05) is 10.6 Å². The number of hydrogen-bond acceptors (Lipinski definition) is 4. The average molecular weight is 787 g/mol. The molecule has 0 saturated heterocycles. The van der Waals surface area contributed by atoms with Crippen LogP contribution in [-0.4, -0.2) is 29.4 Å². The third kappa shape index (κ3) is 6.30. The molecule has 10 rings (SSSR count). The standard InChI is InChI=1S/C50H34N4O4S/c55-49(51-35-21-25-37(26-22-35)53-45-13-5-1-9-41(45)42-10-2-6-14-46(42)53)33-17-29-39(30-18-33)59(57,58)40-31-19-34(20-32-40)50(56)52-36-23-27-38(28-24-36)54-47-15-7-3-11-43(47)44-12-4-8-16-48(44)54/h1-32H,(H,51,55)(H,52,56). The van der Waals surface area contributed by atoms with Crippen molar-refractivity contribution in [1.29, 1.82) is 0 Å². The monoisotopic (exact) mass is 786 g/mol. The zero-order valence-corrected chi connectivity index (χ0v) is 32.2. The van der Waals surface area contributed by atoms with Gasteiger partial charge in [-0.1, -0.05) is 72.8 Å². The molecule has 0 radical (unpaired) electrons. The van der Waals surface area contributed by atoms with Crippen LogP contribution in [0.5, 0.6) is 0 Å². The predicted octanol–water partition coefficient (Wildman–Crippen LogP) is 11.2. The molecule has 0 unspecified atom stereocenters. The highest BCUT2D eigenvalue weighted by Crippen LogP contribution is 2.34. The summed E-state index contributed by atoms with van der Waals surface area (Å²) in [6, 6.07) is 60.0. The van der Waals surface area contributed by atoms with Crippen LogP contribution in [0.4, 0.5) is 11.4 Å². The lowest BCUT2D eigenvalue weighted by atomic mass is 10.2. The van der Waals surface area contributed by atoms with Gasteiger partial charge in [0.15, 0.2) is 0 Å². The van der Waals surface area contributed by atoms with E-state index in [9.17, 15) is 18.0 Å². The zero-order valence-electron chi connectivity index (χ0n) is 31.4. The van der Waals surface area contributed by atoms with Gasteiger partial charge in [0.1, 0.15) is 0 Å². The number of hydrogen-bond donors (Lipinski definition) is 2. The minimum atomic E-state index is -3.93. The lowest BCUT2D eigenvalue weighted by Crippen LogP contribution is -2.13. The largest absolute Gasteiger partial charge is 0.322 e. The first kappa shape index (κ1) is 35.6. The van der Waals surface area contributed by atoms with Gasteiger partial charge in [0.25, 0.3) is 11.8 Å². The minimum absolute atomic E-state index is 0.0325. The number of fused-ring (bicyclic) bond motifs is 6. The Morgan fingerprint density at radius 3 is 0.949 bits per heavy atom. The Morgan fingerprint density at radius 1 is 0.356 bits per heavy atom. The van der Waals surface area contributed by atoms with Gasteiger partial charge in [0, 0.05) is 55.4 Å². The number of anilines is 2. The van der Waals surface area contributed by atoms with E-state index in [1.807, 2.05) is 97.1 Å². The van der Waals surface area contributed by atoms with E-state index >= 15 is 0 Å². The van der Waals surface area contributed by atoms with Gasteiger partial charge in [-0.3, -0.25) is 9.59 Å². The molecule has 8 aromatic carbocycles. The van der Waals surface area contributed by atoms with E-state index < -0.39 is 9.84 Å². The van der Waals surface area contributed by atoms with Crippen LogP contribution in [0.3, 0.4) is 0 Å². The highest BCUT2D eigenvalue weighted by molar-refractivity contribution is 7.91. The first-order valence-corrected chi connectivity index (χ1v) is 20.6. The van der Waals surface area contributed by atoms with Crippen molar-refractivity contribution in [2.45, 2.75) is 9.79 Å². The maximum atomic E-state index is 13.6. The van der Waals surface area contributed by atoms with Crippen LogP contribution in [-0.2, 0) is 9.84 Å². The van der Waals surface area contributed by atoms with Gasteiger partial charge in [-0.2, -0.15) is 0 Å². The summed E-state index contributed by atoms with van der Waals surface area (Å²) >= 11 is 0. The molecule has 0 fully saturated rings. The van der Waals surface area contributed by atoms with Crippen molar-refractivity contribution < 1.29 is 18.0 Å². The number of amides is 2. The van der Waals surface area contributed by atoms with Crippen molar-refractivity contribution in [3.8, 4) is 11.4 Å². The number of aromatic nitrogens is 2. The second-order valence-electron chi connectivity index (χ2n) is 14.3. The molecule has 2 aromatic heterocycles. The second-order valence-corrected chi connectivity index (χ2v) is 16.2. The molecule has 284 valence electrons. The van der Waals surface area contributed by atoms with Gasteiger partial charge in [-0.25, -0.2) is 8.42 Å². The van der Waals surface area contributed by atoms with Gasteiger partial charge < -0.3 is 19.8 Å². The van der Waals surface area contributed by atoms with Crippen molar-refractivity contribution >= 4 is 76.6 Å². The van der Waals surface area contributed by atoms with E-state index in [1.54, 1.807) is 0 Å². The van der Waals surface area contributed by atoms with Gasteiger partial charge in [-0.05, 0) is 121 Å². The number of sulfone groups is 1. The van der Waals surface area contributed by atoms with Crippen LogP contribution in [0.2, 0.25) is 0 Å². The number of carbonyl (C=O) groups excluding carboxylic acids is 2. The molecule has 0 aliphatic heterocycles. The third-order valence-corrected chi connectivity index (χ3v) is 12.6. The van der Waals surface area contributed by atoms with Crippen molar-refractivity contribution in [3.63, 3.8) is 0 Å². The molecule has 8 nitrogen and oxygen atoms in total. The summed E-state index contributed by atoms with van der Waals surface area (Å²) < 4.78 is 31.5. The number of carbonyl (C=O) groups is 2. The van der Waals surface area contributed by atoms with Crippen LogP contribution >= 0.6 is 0 Å². The normalized spacial score (nSPS) is 11.7. The fourth-order valence-electron chi connectivity index (χ4n) is 7.90. The molecule has 2 heterocycles. The van der Waals surface area contributed by atoms with Crippen LogP contribution in [0.25, 0.3) is 55.0 Å². The second kappa shape index (κ2) is 14.3. The average Bonchev–Trinajstić information content (AvgIpc) is 3.80. The number of rotatable bonds is 8. The lowest BCUT2D eigenvalue weighted by Gasteiger charge is -2.11. The quantitative estimate of drug-likeness (QED) is 0.160. The zero-order chi connectivity index (χ0) is 40.1. The molecular formula is C50H34N4O4S. The summed E-state index contributed by atoms with van der Waals surface area (Å²) in [5.74, 6) is -0.731. The van der Waals surface area contributed by atoms with Crippen LogP contribution in [0.1, 0.15) is 20.7 Å². The summed E-state index contributed by atoms with van der Waals surface area (Å²) in [5, 5.41) is 10.5. The minimum Gasteiger partial charge on any atom is -0.322 e. The smallest absolute Gasteiger partial charge is 0.255 e. The molecule has 0 bridgehead atoms. The number of nitrogens with zero attached hydrogens (tertiary/aromatic N) is 2. The summed E-state index contributed by atoms with van der Waals surface area (Å²) in [7, 11) is -3.93. The summed E-state index contributed by atoms with van der Waals surface area (Å²) in [4.78, 5) is 26.5. The van der Waals surface area contributed by atoms with Crippen molar-refractivity contribution in [3.05, 3.63) is 205 Å². The maximum absolute atomic E-state index is 13.6. The Labute approximate surface area is 339 Å². The number of nitrogens with one attached hydrogen (secondary N) is 2. The molecule has 9 heteroatoms. The fraction of sp³-hybridized carbons (Fsp3) is 0. The van der Waals surface area contributed by atoms with Gasteiger partial charge >= 0.3 is 0 Å². The summed E-state index contributed by atoms with van der Waals surface area (Å²) in [6.07, 6.45) is 0. The third-order valence-electron chi connectivity index (χ3n) is 10.8. The Bertz CT molecular complexity index is 3020. The molecule has 0 saturated carbocycles. The van der Waals surface area contributed by atoms with E-state index in [-0.39, 0.29) is 21.6 Å². The van der Waals surface area contributed by atoms with Gasteiger partial charge in [0.05, 0.1) is 31.9 Å². The van der Waals surface area contributed by atoms with E-state index in [1.165, 1.54) is 70.1 Å². The Balaban J connectivity index is 0.800. The topological polar surface area (TPSA) is 102 Å². The Kier molecular flexibility index (Phi) is 8.65. The van der Waals surface area contributed by atoms with E-state index in [2.05, 4.69) is 68.3 Å². The molecule has 10 aromatic rings. The number of benzene rings is 8.